The third-order valence-electron chi connectivity index (χ3n) is 5.09. The zero-order valence-corrected chi connectivity index (χ0v) is 18.7. The van der Waals surface area contributed by atoms with Crippen molar-refractivity contribution in [1.82, 2.24) is 4.72 Å². The van der Waals surface area contributed by atoms with Gasteiger partial charge in [-0.25, -0.2) is 13.1 Å². The van der Waals surface area contributed by atoms with Gasteiger partial charge in [-0.3, -0.25) is 4.79 Å². The number of carbonyl (C=O) groups is 1. The summed E-state index contributed by atoms with van der Waals surface area (Å²) in [5.41, 5.74) is -0.114. The SMILES string of the molecule is COC(=O)CCCCCCCC(NS(=O)(=O)c1ccc(C(F)(F)F)cc1)c1ccccc1. The fraction of sp³-hybridized carbons (Fsp3) is 0.435. The van der Waals surface area contributed by atoms with E-state index in [1.54, 1.807) is 0 Å². The molecule has 0 fully saturated rings. The van der Waals surface area contributed by atoms with Crippen molar-refractivity contribution in [3.05, 3.63) is 65.7 Å². The van der Waals surface area contributed by atoms with E-state index in [9.17, 15) is 26.4 Å². The molecule has 0 amide bonds. The summed E-state index contributed by atoms with van der Waals surface area (Å²) in [4.78, 5) is 10.9. The number of ether oxygens (including phenoxy) is 1. The van der Waals surface area contributed by atoms with Crippen LogP contribution >= 0.6 is 0 Å². The van der Waals surface area contributed by atoms with Crippen LogP contribution in [0.1, 0.15) is 62.1 Å². The van der Waals surface area contributed by atoms with E-state index < -0.39 is 27.8 Å². The topological polar surface area (TPSA) is 72.5 Å². The summed E-state index contributed by atoms with van der Waals surface area (Å²) >= 11 is 0. The van der Waals surface area contributed by atoms with Crippen molar-refractivity contribution >= 4 is 16.0 Å². The van der Waals surface area contributed by atoms with Crippen LogP contribution in [0.2, 0.25) is 0 Å². The Kier molecular flexibility index (Phi) is 9.71. The molecule has 2 aromatic rings. The number of carbonyl (C=O) groups excluding carboxylic acids is 1. The maximum absolute atomic E-state index is 12.8. The van der Waals surface area contributed by atoms with Crippen molar-refractivity contribution in [2.45, 2.75) is 62.1 Å². The van der Waals surface area contributed by atoms with Gasteiger partial charge in [-0.1, -0.05) is 56.0 Å². The minimum absolute atomic E-state index is 0.214. The Labute approximate surface area is 187 Å². The van der Waals surface area contributed by atoms with Crippen LogP contribution in [0.3, 0.4) is 0 Å². The van der Waals surface area contributed by atoms with E-state index in [-0.39, 0.29) is 10.9 Å². The highest BCUT2D eigenvalue weighted by Crippen LogP contribution is 2.30. The number of hydrogen-bond acceptors (Lipinski definition) is 4. The number of benzene rings is 2. The number of nitrogens with one attached hydrogen (secondary N) is 1. The summed E-state index contributed by atoms with van der Waals surface area (Å²) in [6, 6.07) is 12.0. The van der Waals surface area contributed by atoms with Crippen molar-refractivity contribution in [3.63, 3.8) is 0 Å². The van der Waals surface area contributed by atoms with Gasteiger partial charge in [0.15, 0.2) is 0 Å². The summed E-state index contributed by atoms with van der Waals surface area (Å²) in [7, 11) is -2.64. The van der Waals surface area contributed by atoms with E-state index in [2.05, 4.69) is 9.46 Å². The first-order valence-electron chi connectivity index (χ1n) is 10.4. The van der Waals surface area contributed by atoms with Crippen LogP contribution < -0.4 is 4.72 Å². The first kappa shape index (κ1) is 25.9. The van der Waals surface area contributed by atoms with E-state index in [1.165, 1.54) is 7.11 Å². The van der Waals surface area contributed by atoms with Gasteiger partial charge < -0.3 is 4.74 Å². The number of sulfonamides is 1. The van der Waals surface area contributed by atoms with Crippen molar-refractivity contribution in [2.24, 2.45) is 0 Å². The zero-order valence-electron chi connectivity index (χ0n) is 17.9. The highest BCUT2D eigenvalue weighted by Gasteiger charge is 2.31. The molecule has 0 aliphatic heterocycles. The Morgan fingerprint density at radius 2 is 1.53 bits per heavy atom. The average Bonchev–Trinajstić information content (AvgIpc) is 2.77. The van der Waals surface area contributed by atoms with Crippen LogP contribution in [0.4, 0.5) is 13.2 Å². The van der Waals surface area contributed by atoms with Crippen LogP contribution in [-0.2, 0) is 25.7 Å². The third-order valence-corrected chi connectivity index (χ3v) is 6.58. The molecule has 1 N–H and O–H groups in total. The summed E-state index contributed by atoms with van der Waals surface area (Å²) < 4.78 is 71.2. The highest BCUT2D eigenvalue weighted by molar-refractivity contribution is 7.89. The normalized spacial score (nSPS) is 13.0. The smallest absolute Gasteiger partial charge is 0.416 e. The molecule has 5 nitrogen and oxygen atoms in total. The van der Waals surface area contributed by atoms with E-state index in [1.807, 2.05) is 30.3 Å². The Morgan fingerprint density at radius 3 is 2.12 bits per heavy atom. The zero-order chi connectivity index (χ0) is 23.6. The fourth-order valence-electron chi connectivity index (χ4n) is 3.31. The second-order valence-corrected chi connectivity index (χ2v) is 9.20. The predicted octanol–water partition coefficient (Wildman–Crippen LogP) is 5.63. The molecule has 9 heteroatoms. The van der Waals surface area contributed by atoms with Gasteiger partial charge in [-0.2, -0.15) is 13.2 Å². The van der Waals surface area contributed by atoms with Gasteiger partial charge in [0.1, 0.15) is 0 Å². The lowest BCUT2D eigenvalue weighted by atomic mass is 10.0. The maximum atomic E-state index is 12.8. The van der Waals surface area contributed by atoms with Crippen LogP contribution in [-0.4, -0.2) is 21.5 Å². The lowest BCUT2D eigenvalue weighted by molar-refractivity contribution is -0.140. The van der Waals surface area contributed by atoms with Gasteiger partial charge in [0.25, 0.3) is 0 Å². The Hall–Kier alpha value is -2.39. The monoisotopic (exact) mass is 471 g/mol. The minimum Gasteiger partial charge on any atom is -0.469 e. The highest BCUT2D eigenvalue weighted by atomic mass is 32.2. The van der Waals surface area contributed by atoms with Gasteiger partial charge >= 0.3 is 12.1 Å². The lowest BCUT2D eigenvalue weighted by Crippen LogP contribution is -2.28. The third kappa shape index (κ3) is 8.27. The second-order valence-electron chi connectivity index (χ2n) is 7.49. The Bertz CT molecular complexity index is 945. The molecule has 2 aromatic carbocycles. The Balaban J connectivity index is 1.99. The molecule has 2 rings (SSSR count). The molecule has 0 aliphatic carbocycles. The maximum Gasteiger partial charge on any atom is 0.416 e. The molecule has 1 unspecified atom stereocenters. The second kappa shape index (κ2) is 12.0. The molecule has 0 saturated heterocycles. The molecule has 0 radical (unpaired) electrons. The van der Waals surface area contributed by atoms with Crippen molar-refractivity contribution in [3.8, 4) is 0 Å². The number of halogens is 3. The average molecular weight is 472 g/mol. The fourth-order valence-corrected chi connectivity index (χ4v) is 4.57. The standard InChI is InChI=1S/C23H28F3NO4S/c1-31-22(28)13-9-4-2-3-8-12-21(18-10-6-5-7-11-18)27-32(29,30)20-16-14-19(15-17-20)23(24,25)26/h5-7,10-11,14-17,21,27H,2-4,8-9,12-13H2,1H3. The molecule has 0 aromatic heterocycles. The summed E-state index contributed by atoms with van der Waals surface area (Å²) in [5, 5.41) is 0. The Morgan fingerprint density at radius 1 is 0.938 bits per heavy atom. The molecule has 176 valence electrons. The largest absolute Gasteiger partial charge is 0.469 e. The van der Waals surface area contributed by atoms with Crippen molar-refractivity contribution < 1.29 is 31.1 Å². The van der Waals surface area contributed by atoms with Gasteiger partial charge in [-0.05, 0) is 42.7 Å². The van der Waals surface area contributed by atoms with Gasteiger partial charge in [0, 0.05) is 12.5 Å². The lowest BCUT2D eigenvalue weighted by Gasteiger charge is -2.20. The van der Waals surface area contributed by atoms with Crippen LogP contribution in [0.25, 0.3) is 0 Å². The van der Waals surface area contributed by atoms with Crippen LogP contribution in [0.5, 0.6) is 0 Å². The summed E-state index contributed by atoms with van der Waals surface area (Å²) in [6.45, 7) is 0. The van der Waals surface area contributed by atoms with Gasteiger partial charge in [0.05, 0.1) is 17.6 Å². The van der Waals surface area contributed by atoms with E-state index >= 15 is 0 Å². The van der Waals surface area contributed by atoms with Gasteiger partial charge in [-0.15, -0.1) is 0 Å². The molecule has 0 bridgehead atoms. The number of esters is 1. The molecule has 0 aliphatic rings. The molecular formula is C23H28F3NO4S. The molecule has 32 heavy (non-hydrogen) atoms. The number of methoxy groups -OCH3 is 1. The molecule has 0 heterocycles. The molecule has 0 spiro atoms. The van der Waals surface area contributed by atoms with Crippen LogP contribution in [0, 0.1) is 0 Å². The van der Waals surface area contributed by atoms with E-state index in [4.69, 9.17) is 0 Å². The van der Waals surface area contributed by atoms with Crippen LogP contribution in [0.15, 0.2) is 59.5 Å². The first-order chi connectivity index (χ1) is 15.1. The first-order valence-corrected chi connectivity index (χ1v) is 11.9. The quantitative estimate of drug-likeness (QED) is 0.322. The van der Waals surface area contributed by atoms with E-state index in [0.717, 1.165) is 61.9 Å². The number of alkyl halides is 3. The van der Waals surface area contributed by atoms with Crippen molar-refractivity contribution in [1.29, 1.82) is 0 Å². The molecule has 0 saturated carbocycles. The van der Waals surface area contributed by atoms with E-state index in [0.29, 0.717) is 12.8 Å². The summed E-state index contributed by atoms with van der Waals surface area (Å²) in [6.07, 6.45) is 0.553. The minimum atomic E-state index is -4.53. The van der Waals surface area contributed by atoms with Gasteiger partial charge in [0.2, 0.25) is 10.0 Å². The predicted molar refractivity (Wildman–Crippen MR) is 115 cm³/mol. The number of unbranched alkanes of at least 4 members (excludes halogenated alkanes) is 4. The molecule has 1 atom stereocenters. The number of hydrogen-bond donors (Lipinski definition) is 1. The molecular weight excluding hydrogens is 443 g/mol. The summed E-state index contributed by atoms with van der Waals surface area (Å²) in [5.74, 6) is -0.230. The van der Waals surface area contributed by atoms with Crippen molar-refractivity contribution in [2.75, 3.05) is 7.11 Å². The number of rotatable bonds is 12.